The normalized spacial score (nSPS) is 16.7. The minimum Gasteiger partial charge on any atom is -0.373 e. The molecule has 0 aliphatic carbocycles. The highest BCUT2D eigenvalue weighted by molar-refractivity contribution is 5.99. The predicted molar refractivity (Wildman–Crippen MR) is 177 cm³/mol. The van der Waals surface area contributed by atoms with Crippen LogP contribution in [0.1, 0.15) is 56.0 Å². The average Bonchev–Trinajstić information content (AvgIpc) is 3.63. The van der Waals surface area contributed by atoms with Gasteiger partial charge >= 0.3 is 6.03 Å². The molecule has 3 aromatic carbocycles. The maximum absolute atomic E-state index is 13.1. The van der Waals surface area contributed by atoms with Crippen molar-refractivity contribution in [2.45, 2.75) is 64.8 Å². The molecule has 2 aliphatic rings. The van der Waals surface area contributed by atoms with E-state index in [-0.39, 0.29) is 23.4 Å². The number of piperidine rings is 1. The van der Waals surface area contributed by atoms with Crippen LogP contribution in [0.4, 0.5) is 22.0 Å². The van der Waals surface area contributed by atoms with E-state index in [4.69, 9.17) is 5.10 Å². The third kappa shape index (κ3) is 6.64. The highest BCUT2D eigenvalue weighted by Crippen LogP contribution is 2.29. The van der Waals surface area contributed by atoms with E-state index in [2.05, 4.69) is 54.9 Å². The molecule has 0 saturated carbocycles. The van der Waals surface area contributed by atoms with Crippen molar-refractivity contribution in [3.63, 3.8) is 0 Å². The Balaban J connectivity index is 1.01. The van der Waals surface area contributed by atoms with Crippen molar-refractivity contribution in [2.75, 3.05) is 29.0 Å². The number of anilines is 3. The SMILES string of the molecule is Cc1ccc(-n2nc(C(C)(C)C)cc2NC(=O)Nc2ccc(CC3CCN(C(=O)[C@H]4Cc5ccccc5N4)CC3)cc2)cc1. The lowest BCUT2D eigenvalue weighted by atomic mass is 9.90. The molecule has 228 valence electrons. The second-order valence-corrected chi connectivity index (χ2v) is 13.2. The third-order valence-corrected chi connectivity index (χ3v) is 8.73. The lowest BCUT2D eigenvalue weighted by molar-refractivity contribution is -0.133. The van der Waals surface area contributed by atoms with Gasteiger partial charge in [-0.25, -0.2) is 9.48 Å². The van der Waals surface area contributed by atoms with Gasteiger partial charge in [-0.05, 0) is 73.6 Å². The molecule has 3 amide bonds. The number of likely N-dealkylation sites (tertiary alicyclic amines) is 1. The van der Waals surface area contributed by atoms with Crippen molar-refractivity contribution < 1.29 is 9.59 Å². The largest absolute Gasteiger partial charge is 0.373 e. The molecule has 6 rings (SSSR count). The zero-order valence-corrected chi connectivity index (χ0v) is 26.1. The predicted octanol–water partition coefficient (Wildman–Crippen LogP) is 6.94. The van der Waals surface area contributed by atoms with Gasteiger partial charge < -0.3 is 15.5 Å². The molecule has 1 aromatic heterocycles. The molecular weight excluding hydrogens is 548 g/mol. The van der Waals surface area contributed by atoms with Crippen LogP contribution in [0.15, 0.2) is 78.9 Å². The van der Waals surface area contributed by atoms with Crippen LogP contribution in [0.2, 0.25) is 0 Å². The summed E-state index contributed by atoms with van der Waals surface area (Å²) in [6.45, 7) is 9.97. The number of aryl methyl sites for hydroxylation is 1. The minimum absolute atomic E-state index is 0.148. The van der Waals surface area contributed by atoms with E-state index in [1.54, 1.807) is 4.68 Å². The molecule has 44 heavy (non-hydrogen) atoms. The molecule has 1 saturated heterocycles. The Morgan fingerprint density at radius 2 is 1.64 bits per heavy atom. The van der Waals surface area contributed by atoms with Crippen LogP contribution < -0.4 is 16.0 Å². The van der Waals surface area contributed by atoms with Gasteiger partial charge in [0.25, 0.3) is 0 Å². The standard InChI is InChI=1S/C36H42N6O2/c1-24-9-15-29(16-10-24)42-33(23-32(40-42)36(2,3)4)39-35(44)37-28-13-11-25(12-14-28)21-26-17-19-41(20-18-26)34(43)31-22-27-7-5-6-8-30(27)38-31/h5-16,23,26,31,38H,17-22H2,1-4H3,(H2,37,39,44)/t31-/m1/s1. The number of para-hydroxylation sites is 1. The lowest BCUT2D eigenvalue weighted by Crippen LogP contribution is -2.46. The lowest BCUT2D eigenvalue weighted by Gasteiger charge is -2.33. The topological polar surface area (TPSA) is 91.3 Å². The highest BCUT2D eigenvalue weighted by Gasteiger charge is 2.32. The number of aromatic nitrogens is 2. The number of fused-ring (bicyclic) bond motifs is 1. The van der Waals surface area contributed by atoms with E-state index in [9.17, 15) is 9.59 Å². The van der Waals surface area contributed by atoms with Crippen molar-refractivity contribution in [3.05, 3.63) is 101 Å². The molecule has 0 spiro atoms. The summed E-state index contributed by atoms with van der Waals surface area (Å²) in [5.41, 5.74) is 7.06. The summed E-state index contributed by atoms with van der Waals surface area (Å²) in [7, 11) is 0. The van der Waals surface area contributed by atoms with Gasteiger partial charge in [-0.2, -0.15) is 5.10 Å². The summed E-state index contributed by atoms with van der Waals surface area (Å²) in [5, 5.41) is 14.2. The Morgan fingerprint density at radius 3 is 2.32 bits per heavy atom. The maximum Gasteiger partial charge on any atom is 0.324 e. The number of rotatable bonds is 6. The number of hydrogen-bond donors (Lipinski definition) is 3. The third-order valence-electron chi connectivity index (χ3n) is 8.73. The molecule has 4 aromatic rings. The second kappa shape index (κ2) is 12.2. The van der Waals surface area contributed by atoms with Gasteiger partial charge in [0.15, 0.2) is 0 Å². The first-order chi connectivity index (χ1) is 21.1. The smallest absolute Gasteiger partial charge is 0.324 e. The molecule has 8 nitrogen and oxygen atoms in total. The van der Waals surface area contributed by atoms with Crippen LogP contribution in [-0.4, -0.2) is 45.8 Å². The molecule has 0 radical (unpaired) electrons. The van der Waals surface area contributed by atoms with Gasteiger partial charge in [0.2, 0.25) is 5.91 Å². The van der Waals surface area contributed by atoms with Gasteiger partial charge in [0.1, 0.15) is 11.9 Å². The van der Waals surface area contributed by atoms with Crippen LogP contribution in [0.25, 0.3) is 5.69 Å². The number of carbonyl (C=O) groups is 2. The fourth-order valence-corrected chi connectivity index (χ4v) is 6.08. The van der Waals surface area contributed by atoms with Crippen molar-refractivity contribution in [2.24, 2.45) is 5.92 Å². The van der Waals surface area contributed by atoms with Crippen LogP contribution in [0.3, 0.4) is 0 Å². The number of carbonyl (C=O) groups excluding carboxylic acids is 2. The van der Waals surface area contributed by atoms with Crippen molar-refractivity contribution in [1.82, 2.24) is 14.7 Å². The first kappa shape index (κ1) is 29.5. The van der Waals surface area contributed by atoms with Gasteiger partial charge in [0, 0.05) is 42.4 Å². The number of nitrogens with zero attached hydrogens (tertiary/aromatic N) is 3. The fraction of sp³-hybridized carbons (Fsp3) is 0.361. The van der Waals surface area contributed by atoms with Gasteiger partial charge in [-0.3, -0.25) is 10.1 Å². The van der Waals surface area contributed by atoms with E-state index < -0.39 is 0 Å². The van der Waals surface area contributed by atoms with E-state index in [0.29, 0.717) is 11.7 Å². The Bertz CT molecular complexity index is 1600. The Morgan fingerprint density at radius 1 is 0.932 bits per heavy atom. The van der Waals surface area contributed by atoms with Crippen LogP contribution in [0, 0.1) is 12.8 Å². The van der Waals surface area contributed by atoms with E-state index in [1.165, 1.54) is 11.1 Å². The number of nitrogens with one attached hydrogen (secondary N) is 3. The molecule has 0 bridgehead atoms. The van der Waals surface area contributed by atoms with Gasteiger partial charge in [-0.15, -0.1) is 0 Å². The molecule has 3 heterocycles. The highest BCUT2D eigenvalue weighted by atomic mass is 16.2. The fourth-order valence-electron chi connectivity index (χ4n) is 6.08. The van der Waals surface area contributed by atoms with Crippen molar-refractivity contribution >= 4 is 29.1 Å². The zero-order chi connectivity index (χ0) is 30.8. The molecule has 1 fully saturated rings. The molecule has 8 heteroatoms. The number of benzene rings is 3. The summed E-state index contributed by atoms with van der Waals surface area (Å²) in [6.07, 6.45) is 3.73. The van der Waals surface area contributed by atoms with E-state index in [0.717, 1.165) is 67.1 Å². The summed E-state index contributed by atoms with van der Waals surface area (Å²) < 4.78 is 1.78. The molecular formula is C36H42N6O2. The number of hydrogen-bond acceptors (Lipinski definition) is 4. The van der Waals surface area contributed by atoms with Gasteiger partial charge in [0.05, 0.1) is 11.4 Å². The minimum atomic E-state index is -0.316. The molecule has 3 N–H and O–H groups in total. The Kier molecular flexibility index (Phi) is 8.17. The van der Waals surface area contributed by atoms with Crippen LogP contribution >= 0.6 is 0 Å². The summed E-state index contributed by atoms with van der Waals surface area (Å²) in [5.74, 6) is 1.37. The van der Waals surface area contributed by atoms with E-state index >= 15 is 0 Å². The quantitative estimate of drug-likeness (QED) is 0.227. The molecule has 1 atom stereocenters. The van der Waals surface area contributed by atoms with E-state index in [1.807, 2.05) is 72.5 Å². The first-order valence-electron chi connectivity index (χ1n) is 15.6. The Hall–Kier alpha value is -4.59. The average molecular weight is 591 g/mol. The van der Waals surface area contributed by atoms with Crippen LogP contribution in [-0.2, 0) is 23.1 Å². The summed E-state index contributed by atoms with van der Waals surface area (Å²) in [4.78, 5) is 28.2. The van der Waals surface area contributed by atoms with Gasteiger partial charge in [-0.1, -0.05) is 68.8 Å². The molecule has 2 aliphatic heterocycles. The number of amides is 3. The van der Waals surface area contributed by atoms with Crippen molar-refractivity contribution in [1.29, 1.82) is 0 Å². The van der Waals surface area contributed by atoms with Crippen molar-refractivity contribution in [3.8, 4) is 5.69 Å². The molecule has 0 unspecified atom stereocenters. The number of urea groups is 1. The summed E-state index contributed by atoms with van der Waals surface area (Å²) >= 11 is 0. The maximum atomic E-state index is 13.1. The second-order valence-electron chi connectivity index (χ2n) is 13.2. The Labute approximate surface area is 259 Å². The van der Waals surface area contributed by atoms with Crippen LogP contribution in [0.5, 0.6) is 0 Å². The summed E-state index contributed by atoms with van der Waals surface area (Å²) in [6, 6.07) is 25.8. The zero-order valence-electron chi connectivity index (χ0n) is 26.1. The first-order valence-corrected chi connectivity index (χ1v) is 15.6. The monoisotopic (exact) mass is 590 g/mol.